The van der Waals surface area contributed by atoms with Crippen LogP contribution in [-0.4, -0.2) is 18.7 Å². The Kier molecular flexibility index (Phi) is 17.5. The monoisotopic (exact) mass is 586 g/mol. The summed E-state index contributed by atoms with van der Waals surface area (Å²) in [6.45, 7) is 5.21. The molecule has 0 saturated heterocycles. The van der Waals surface area contributed by atoms with Crippen molar-refractivity contribution >= 4 is 11.6 Å². The van der Waals surface area contributed by atoms with Crippen LogP contribution in [0, 0.1) is 6.92 Å². The van der Waals surface area contributed by atoms with Crippen LogP contribution >= 0.6 is 0 Å². The smallest absolute Gasteiger partial charge is 0.416 e. The summed E-state index contributed by atoms with van der Waals surface area (Å²) in [5.41, 5.74) is 2.27. The third-order valence-corrected chi connectivity index (χ3v) is 5.38. The van der Waals surface area contributed by atoms with Gasteiger partial charge in [0.05, 0.1) is 12.7 Å². The van der Waals surface area contributed by atoms with Crippen LogP contribution in [0.15, 0.2) is 152 Å². The summed E-state index contributed by atoms with van der Waals surface area (Å²) in [5.74, 6) is 1.15. The average molecular weight is 587 g/mol. The summed E-state index contributed by atoms with van der Waals surface area (Å²) in [5, 5.41) is 0. The first kappa shape index (κ1) is 36.1. The predicted octanol–water partition coefficient (Wildman–Crippen LogP) is 10.2. The minimum absolute atomic E-state index is 0.121. The van der Waals surface area contributed by atoms with Gasteiger partial charge in [-0.15, -0.1) is 0 Å². The molecule has 0 aliphatic rings. The fourth-order valence-electron chi connectivity index (χ4n) is 3.06. The van der Waals surface area contributed by atoms with Crippen molar-refractivity contribution in [1.82, 2.24) is 0 Å². The molecular weight excluding hydrogens is 549 g/mol. The molecule has 5 aromatic carbocycles. The molecule has 43 heavy (non-hydrogen) atoms. The van der Waals surface area contributed by atoms with Gasteiger partial charge in [0.2, 0.25) is 0 Å². The highest BCUT2D eigenvalue weighted by atomic mass is 19.4. The van der Waals surface area contributed by atoms with E-state index < -0.39 is 11.7 Å². The summed E-state index contributed by atoms with van der Waals surface area (Å²) in [6.07, 6.45) is -4.21. The Labute approximate surface area is 252 Å². The molecule has 0 heterocycles. The molecule has 0 bridgehead atoms. The first-order valence-electron chi connectivity index (χ1n) is 13.4. The van der Waals surface area contributed by atoms with Crippen molar-refractivity contribution in [2.24, 2.45) is 0 Å². The highest BCUT2D eigenvalue weighted by Gasteiger charge is 2.29. The van der Waals surface area contributed by atoms with Crippen LogP contribution in [0.1, 0.15) is 45.7 Å². The lowest BCUT2D eigenvalue weighted by molar-refractivity contribution is -0.137. The van der Waals surface area contributed by atoms with Crippen LogP contribution < -0.4 is 4.74 Å². The Morgan fingerprint density at radius 1 is 0.512 bits per heavy atom. The van der Waals surface area contributed by atoms with Crippen molar-refractivity contribution in [1.29, 1.82) is 0 Å². The second-order valence-corrected chi connectivity index (χ2v) is 8.88. The second kappa shape index (κ2) is 20.8. The van der Waals surface area contributed by atoms with Crippen molar-refractivity contribution in [3.8, 4) is 5.75 Å². The molecule has 0 radical (unpaired) electrons. The highest BCUT2D eigenvalue weighted by Crippen LogP contribution is 2.28. The molecule has 0 saturated carbocycles. The molecule has 0 fully saturated rings. The molecule has 0 atom stereocenters. The van der Waals surface area contributed by atoms with Crippen LogP contribution in [-0.2, 0) is 6.18 Å². The lowest BCUT2D eigenvalue weighted by Crippen LogP contribution is -2.03. The van der Waals surface area contributed by atoms with E-state index in [-0.39, 0.29) is 11.6 Å². The second-order valence-electron chi connectivity index (χ2n) is 8.88. The Bertz CT molecular complexity index is 1360. The Morgan fingerprint density at radius 3 is 1.00 bits per heavy atom. The van der Waals surface area contributed by atoms with E-state index in [2.05, 4.69) is 19.1 Å². The normalized spacial score (nSPS) is 9.47. The van der Waals surface area contributed by atoms with Gasteiger partial charge in [-0.25, -0.2) is 0 Å². The highest BCUT2D eigenvalue weighted by molar-refractivity contribution is 5.94. The molecule has 5 aromatic rings. The number of hydrogen-bond donors (Lipinski definition) is 0. The maximum absolute atomic E-state index is 11.8. The molecule has 0 unspecified atom stereocenters. The zero-order valence-corrected chi connectivity index (χ0v) is 24.8. The molecule has 0 amide bonds. The number of benzene rings is 5. The molecule has 6 heteroatoms. The number of Topliss-reactive ketones (excluding diaryl/α,β-unsaturated/α-hetero) is 2. The molecule has 224 valence electrons. The number of rotatable bonds is 3. The van der Waals surface area contributed by atoms with Gasteiger partial charge < -0.3 is 4.74 Å². The minimum atomic E-state index is -4.21. The third kappa shape index (κ3) is 17.4. The van der Waals surface area contributed by atoms with Crippen LogP contribution in [0.3, 0.4) is 0 Å². The average Bonchev–Trinajstić information content (AvgIpc) is 3.04. The maximum Gasteiger partial charge on any atom is 0.416 e. The summed E-state index contributed by atoms with van der Waals surface area (Å²) in [4.78, 5) is 21.3. The van der Waals surface area contributed by atoms with Crippen molar-refractivity contribution in [3.63, 3.8) is 0 Å². The van der Waals surface area contributed by atoms with E-state index in [0.717, 1.165) is 29.0 Å². The van der Waals surface area contributed by atoms with E-state index in [1.54, 1.807) is 27.0 Å². The fourth-order valence-corrected chi connectivity index (χ4v) is 3.06. The molecule has 0 aliphatic heterocycles. The number of para-hydroxylation sites is 1. The van der Waals surface area contributed by atoms with E-state index in [4.69, 9.17) is 4.74 Å². The van der Waals surface area contributed by atoms with Gasteiger partial charge in [0, 0.05) is 11.1 Å². The number of ether oxygens (including phenoxy) is 1. The number of hydrogen-bond acceptors (Lipinski definition) is 3. The summed E-state index contributed by atoms with van der Waals surface area (Å²) >= 11 is 0. The number of carbonyl (C=O) groups excluding carboxylic acids is 2. The zero-order valence-electron chi connectivity index (χ0n) is 24.8. The summed E-state index contributed by atoms with van der Waals surface area (Å²) < 4.78 is 40.3. The minimum Gasteiger partial charge on any atom is -0.497 e. The van der Waals surface area contributed by atoms with Gasteiger partial charge in [0.1, 0.15) is 5.75 Å². The molecule has 0 N–H and O–H groups in total. The van der Waals surface area contributed by atoms with Gasteiger partial charge in [-0.1, -0.05) is 145 Å². The van der Waals surface area contributed by atoms with E-state index in [1.165, 1.54) is 17.7 Å². The summed E-state index contributed by atoms with van der Waals surface area (Å²) in [7, 11) is 1.66. The number of aryl methyl sites for hydroxylation is 1. The van der Waals surface area contributed by atoms with Crippen LogP contribution in [0.25, 0.3) is 0 Å². The molecule has 0 aliphatic carbocycles. The Morgan fingerprint density at radius 2 is 0.814 bits per heavy atom. The van der Waals surface area contributed by atoms with E-state index >= 15 is 0 Å². The van der Waals surface area contributed by atoms with Gasteiger partial charge >= 0.3 is 6.18 Å². The molecule has 3 nitrogen and oxygen atoms in total. The molecule has 0 aromatic heterocycles. The lowest BCUT2D eigenvalue weighted by atomic mass is 10.2. The number of carbonyl (C=O) groups is 2. The van der Waals surface area contributed by atoms with Gasteiger partial charge in [0.25, 0.3) is 0 Å². The first-order valence-corrected chi connectivity index (χ1v) is 13.4. The first-order chi connectivity index (χ1) is 20.5. The third-order valence-electron chi connectivity index (χ3n) is 5.38. The number of ketones is 2. The Balaban J connectivity index is 0.000000270. The lowest BCUT2D eigenvalue weighted by Gasteiger charge is -2.03. The summed E-state index contributed by atoms with van der Waals surface area (Å²) in [6, 6.07) is 44.8. The van der Waals surface area contributed by atoms with Crippen LogP contribution in [0.4, 0.5) is 13.2 Å². The zero-order chi connectivity index (χ0) is 31.9. The van der Waals surface area contributed by atoms with Crippen molar-refractivity contribution in [3.05, 3.63) is 174 Å². The van der Waals surface area contributed by atoms with Crippen molar-refractivity contribution < 1.29 is 27.5 Å². The Hall–Kier alpha value is -4.97. The van der Waals surface area contributed by atoms with E-state index in [0.29, 0.717) is 0 Å². The quantitative estimate of drug-likeness (QED) is 0.198. The van der Waals surface area contributed by atoms with Crippen LogP contribution in [0.2, 0.25) is 0 Å². The predicted molar refractivity (Wildman–Crippen MR) is 169 cm³/mol. The molecular formula is C37H37F3O3. The topological polar surface area (TPSA) is 43.4 Å². The largest absolute Gasteiger partial charge is 0.497 e. The number of methoxy groups -OCH3 is 1. The maximum atomic E-state index is 11.8. The standard InChI is InChI=1S/2C8H8O.C7H5F3.C7H8O.C7H8/c2*1-7(9)8-5-3-2-4-6-8;8-7(9,10)6-4-2-1-3-5-6;1-8-7-5-3-2-4-6-7;1-7-5-3-2-4-6-7/h2*2-6H,1H3;1-5H;2-6H,1H3;2-6H,1H3. The van der Waals surface area contributed by atoms with Gasteiger partial charge in [-0.05, 0) is 32.9 Å². The number of halogens is 3. The van der Waals surface area contributed by atoms with Crippen molar-refractivity contribution in [2.75, 3.05) is 7.11 Å². The fraction of sp³-hybridized carbons (Fsp3) is 0.135. The SMILES string of the molecule is CC(=O)c1ccccc1.CC(=O)c1ccccc1.COc1ccccc1.Cc1ccccc1.FC(F)(F)c1ccccc1. The van der Waals surface area contributed by atoms with Crippen LogP contribution in [0.5, 0.6) is 5.75 Å². The van der Waals surface area contributed by atoms with Gasteiger partial charge in [-0.3, -0.25) is 9.59 Å². The van der Waals surface area contributed by atoms with Gasteiger partial charge in [-0.2, -0.15) is 13.2 Å². The molecule has 0 spiro atoms. The van der Waals surface area contributed by atoms with Crippen molar-refractivity contribution in [2.45, 2.75) is 26.9 Å². The molecule has 5 rings (SSSR count). The number of alkyl halides is 3. The van der Waals surface area contributed by atoms with Gasteiger partial charge in [0.15, 0.2) is 11.6 Å². The van der Waals surface area contributed by atoms with E-state index in [9.17, 15) is 22.8 Å². The van der Waals surface area contributed by atoms with E-state index in [1.807, 2.05) is 109 Å².